The smallest absolute Gasteiger partial charge is 0.0859 e. The lowest BCUT2D eigenvalue weighted by molar-refractivity contribution is 1.25. The zero-order chi connectivity index (χ0) is 12.1. The summed E-state index contributed by atoms with van der Waals surface area (Å²) in [5.41, 5.74) is 5.36. The van der Waals surface area contributed by atoms with E-state index in [1.807, 2.05) is 49.4 Å². The molecule has 2 aromatic rings. The Morgan fingerprint density at radius 2 is 1.94 bits per heavy atom. The summed E-state index contributed by atoms with van der Waals surface area (Å²) >= 11 is 6.01. The van der Waals surface area contributed by atoms with Gasteiger partial charge in [0.1, 0.15) is 0 Å². The zero-order valence-corrected chi connectivity index (χ0v) is 10.1. The van der Waals surface area contributed by atoms with Crippen molar-refractivity contribution in [2.24, 2.45) is 5.10 Å². The third-order valence-corrected chi connectivity index (χ3v) is 2.58. The molecule has 0 atom stereocenters. The van der Waals surface area contributed by atoms with Crippen LogP contribution in [0.25, 0.3) is 0 Å². The third-order valence-electron chi connectivity index (χ3n) is 2.25. The van der Waals surface area contributed by atoms with Gasteiger partial charge in [0.15, 0.2) is 0 Å². The van der Waals surface area contributed by atoms with E-state index in [0.29, 0.717) is 5.02 Å². The Labute approximate surface area is 105 Å². The lowest BCUT2D eigenvalue weighted by Crippen LogP contribution is -2.01. The molecule has 1 heterocycles. The summed E-state index contributed by atoms with van der Waals surface area (Å²) in [6, 6.07) is 13.2. The topological polar surface area (TPSA) is 37.3 Å². The van der Waals surface area contributed by atoms with E-state index in [-0.39, 0.29) is 0 Å². The molecule has 0 aliphatic carbocycles. The molecular weight excluding hydrogens is 234 g/mol. The third kappa shape index (κ3) is 3.04. The summed E-state index contributed by atoms with van der Waals surface area (Å²) < 4.78 is 0. The van der Waals surface area contributed by atoms with E-state index in [1.54, 1.807) is 6.20 Å². The number of nitrogens with zero attached hydrogens (tertiary/aromatic N) is 2. The van der Waals surface area contributed by atoms with Crippen LogP contribution in [0.5, 0.6) is 0 Å². The van der Waals surface area contributed by atoms with Crippen molar-refractivity contribution in [1.82, 2.24) is 4.98 Å². The molecule has 1 N–H and O–H groups in total. The van der Waals surface area contributed by atoms with Gasteiger partial charge in [-0.25, -0.2) is 0 Å². The van der Waals surface area contributed by atoms with Gasteiger partial charge < -0.3 is 0 Å². The summed E-state index contributed by atoms with van der Waals surface area (Å²) in [4.78, 5) is 4.21. The van der Waals surface area contributed by atoms with Gasteiger partial charge in [-0.1, -0.05) is 29.8 Å². The maximum absolute atomic E-state index is 6.01. The van der Waals surface area contributed by atoms with Crippen molar-refractivity contribution >= 4 is 23.0 Å². The Morgan fingerprint density at radius 1 is 1.18 bits per heavy atom. The maximum Gasteiger partial charge on any atom is 0.0859 e. The highest BCUT2D eigenvalue weighted by atomic mass is 35.5. The molecule has 0 radical (unpaired) electrons. The van der Waals surface area contributed by atoms with Crippen molar-refractivity contribution in [3.8, 4) is 0 Å². The van der Waals surface area contributed by atoms with Crippen molar-refractivity contribution in [3.05, 3.63) is 59.4 Å². The van der Waals surface area contributed by atoms with E-state index in [9.17, 15) is 0 Å². The molecule has 0 saturated carbocycles. The van der Waals surface area contributed by atoms with Gasteiger partial charge in [-0.05, 0) is 31.2 Å². The van der Waals surface area contributed by atoms with Crippen molar-refractivity contribution in [1.29, 1.82) is 0 Å². The Balaban J connectivity index is 2.14. The first-order chi connectivity index (χ1) is 8.27. The van der Waals surface area contributed by atoms with Crippen LogP contribution < -0.4 is 5.43 Å². The highest BCUT2D eigenvalue weighted by molar-refractivity contribution is 6.33. The van der Waals surface area contributed by atoms with Gasteiger partial charge in [0.2, 0.25) is 0 Å². The van der Waals surface area contributed by atoms with Crippen LogP contribution in [-0.4, -0.2) is 10.7 Å². The van der Waals surface area contributed by atoms with E-state index >= 15 is 0 Å². The summed E-state index contributed by atoms with van der Waals surface area (Å²) in [5.74, 6) is 0. The molecule has 86 valence electrons. The van der Waals surface area contributed by atoms with Crippen LogP contribution in [0.3, 0.4) is 0 Å². The zero-order valence-electron chi connectivity index (χ0n) is 9.39. The number of halogens is 1. The molecule has 0 aliphatic rings. The van der Waals surface area contributed by atoms with Gasteiger partial charge in [-0.2, -0.15) is 5.10 Å². The first kappa shape index (κ1) is 11.6. The molecular formula is C13H12ClN3. The summed E-state index contributed by atoms with van der Waals surface area (Å²) in [5, 5.41) is 4.89. The number of benzene rings is 1. The fourth-order valence-corrected chi connectivity index (χ4v) is 1.51. The van der Waals surface area contributed by atoms with Gasteiger partial charge in [-0.15, -0.1) is 0 Å². The fraction of sp³-hybridized carbons (Fsp3) is 0.0769. The van der Waals surface area contributed by atoms with E-state index in [2.05, 4.69) is 15.5 Å². The van der Waals surface area contributed by atoms with Gasteiger partial charge >= 0.3 is 0 Å². The summed E-state index contributed by atoms with van der Waals surface area (Å²) in [6.45, 7) is 1.90. The first-order valence-corrected chi connectivity index (χ1v) is 5.61. The number of hydrazone groups is 1. The predicted molar refractivity (Wildman–Crippen MR) is 71.5 cm³/mol. The quantitative estimate of drug-likeness (QED) is 0.663. The van der Waals surface area contributed by atoms with E-state index in [1.165, 1.54) is 0 Å². The normalized spacial score (nSPS) is 11.3. The number of nitrogens with one attached hydrogen (secondary N) is 1. The van der Waals surface area contributed by atoms with Crippen LogP contribution in [-0.2, 0) is 0 Å². The molecule has 0 aliphatic heterocycles. The molecule has 4 heteroatoms. The number of rotatable bonds is 3. The minimum absolute atomic E-state index is 0.644. The number of anilines is 1. The number of para-hydroxylation sites is 1. The SMILES string of the molecule is C/C(=N/Nc1ccccc1Cl)c1ccccn1. The number of aromatic nitrogens is 1. The van der Waals surface area contributed by atoms with Crippen molar-refractivity contribution in [2.75, 3.05) is 5.43 Å². The van der Waals surface area contributed by atoms with Crippen LogP contribution in [0.15, 0.2) is 53.8 Å². The largest absolute Gasteiger partial charge is 0.277 e. The minimum Gasteiger partial charge on any atom is -0.277 e. The summed E-state index contributed by atoms with van der Waals surface area (Å²) in [7, 11) is 0. The Bertz CT molecular complexity index is 523. The second-order valence-electron chi connectivity index (χ2n) is 3.50. The molecule has 2 rings (SSSR count). The minimum atomic E-state index is 0.644. The molecule has 0 bridgehead atoms. The molecule has 1 aromatic carbocycles. The molecule has 0 spiro atoms. The van der Waals surface area contributed by atoms with Crippen LogP contribution in [0.2, 0.25) is 5.02 Å². The molecule has 0 unspecified atom stereocenters. The number of pyridine rings is 1. The van der Waals surface area contributed by atoms with Crippen LogP contribution >= 0.6 is 11.6 Å². The maximum atomic E-state index is 6.01. The Hall–Kier alpha value is -1.87. The van der Waals surface area contributed by atoms with E-state index in [4.69, 9.17) is 11.6 Å². The Kier molecular flexibility index (Phi) is 3.73. The molecule has 1 aromatic heterocycles. The predicted octanol–water partition coefficient (Wildman–Crippen LogP) is 3.57. The van der Waals surface area contributed by atoms with Gasteiger partial charge in [0.05, 0.1) is 22.1 Å². The molecule has 0 saturated heterocycles. The van der Waals surface area contributed by atoms with Gasteiger partial charge in [-0.3, -0.25) is 10.4 Å². The van der Waals surface area contributed by atoms with Gasteiger partial charge in [0, 0.05) is 6.20 Å². The molecule has 0 fully saturated rings. The Morgan fingerprint density at radius 3 is 2.65 bits per heavy atom. The standard InChI is InChI=1S/C13H12ClN3/c1-10(12-7-4-5-9-15-12)16-17-13-8-3-2-6-11(13)14/h2-9,17H,1H3/b16-10-. The number of hydrogen-bond donors (Lipinski definition) is 1. The average Bonchev–Trinajstić information content (AvgIpc) is 2.38. The fourth-order valence-electron chi connectivity index (χ4n) is 1.33. The van der Waals surface area contributed by atoms with Crippen molar-refractivity contribution in [2.45, 2.75) is 6.92 Å². The van der Waals surface area contributed by atoms with Gasteiger partial charge in [0.25, 0.3) is 0 Å². The first-order valence-electron chi connectivity index (χ1n) is 5.23. The second kappa shape index (κ2) is 5.46. The second-order valence-corrected chi connectivity index (χ2v) is 3.91. The highest BCUT2D eigenvalue weighted by Gasteiger charge is 1.99. The van der Waals surface area contributed by atoms with Crippen LogP contribution in [0.4, 0.5) is 5.69 Å². The molecule has 0 amide bonds. The van der Waals surface area contributed by atoms with Crippen molar-refractivity contribution < 1.29 is 0 Å². The molecule has 17 heavy (non-hydrogen) atoms. The average molecular weight is 246 g/mol. The lowest BCUT2D eigenvalue weighted by atomic mass is 10.3. The van der Waals surface area contributed by atoms with E-state index in [0.717, 1.165) is 17.1 Å². The number of hydrogen-bond acceptors (Lipinski definition) is 3. The lowest BCUT2D eigenvalue weighted by Gasteiger charge is -2.04. The van der Waals surface area contributed by atoms with E-state index < -0.39 is 0 Å². The summed E-state index contributed by atoms with van der Waals surface area (Å²) in [6.07, 6.45) is 1.74. The van der Waals surface area contributed by atoms with Crippen LogP contribution in [0, 0.1) is 0 Å². The van der Waals surface area contributed by atoms with Crippen LogP contribution in [0.1, 0.15) is 12.6 Å². The highest BCUT2D eigenvalue weighted by Crippen LogP contribution is 2.20. The molecule has 3 nitrogen and oxygen atoms in total. The van der Waals surface area contributed by atoms with Crippen molar-refractivity contribution in [3.63, 3.8) is 0 Å². The monoisotopic (exact) mass is 245 g/mol.